The lowest BCUT2D eigenvalue weighted by atomic mass is 10.0. The summed E-state index contributed by atoms with van der Waals surface area (Å²) in [6.07, 6.45) is -4.45. The van der Waals surface area contributed by atoms with Crippen LogP contribution in [0.4, 0.5) is 0 Å². The standard InChI is InChI=1S/C27H36O11/c1-4-5-6-14-9-16(12-28)24(19(10-14)34-3)35-20(13-29)21(30)15-7-8-17(18(11-15)33-2)36-26-23(32)22(31)25-27(37-25)38-26/h7-11,20-23,25-32H,4-6,12-13H2,1-3H3. The molecule has 210 valence electrons. The maximum atomic E-state index is 11.1. The molecule has 38 heavy (non-hydrogen) atoms. The number of epoxide rings is 1. The van der Waals surface area contributed by atoms with Gasteiger partial charge in [0.05, 0.1) is 27.4 Å². The van der Waals surface area contributed by atoms with E-state index in [4.69, 9.17) is 28.4 Å². The Kier molecular flexibility index (Phi) is 9.32. The third kappa shape index (κ3) is 5.99. The van der Waals surface area contributed by atoms with Crippen LogP contribution in [-0.2, 0) is 22.5 Å². The Hall–Kier alpha value is -2.64. The molecule has 0 saturated carbocycles. The van der Waals surface area contributed by atoms with Gasteiger partial charge in [0.2, 0.25) is 6.29 Å². The van der Waals surface area contributed by atoms with E-state index in [9.17, 15) is 25.5 Å². The van der Waals surface area contributed by atoms with Gasteiger partial charge in [0.25, 0.3) is 0 Å². The maximum absolute atomic E-state index is 11.1. The molecule has 7 atom stereocenters. The van der Waals surface area contributed by atoms with E-state index in [1.54, 1.807) is 6.07 Å². The molecule has 2 aromatic carbocycles. The van der Waals surface area contributed by atoms with Crippen molar-refractivity contribution in [1.82, 2.24) is 0 Å². The molecule has 0 amide bonds. The van der Waals surface area contributed by atoms with Crippen molar-refractivity contribution in [2.45, 2.75) is 75.9 Å². The number of fused-ring (bicyclic) bond motifs is 1. The van der Waals surface area contributed by atoms with E-state index in [1.165, 1.54) is 26.4 Å². The van der Waals surface area contributed by atoms with E-state index in [0.717, 1.165) is 24.8 Å². The molecule has 2 aliphatic heterocycles. The highest BCUT2D eigenvalue weighted by Crippen LogP contribution is 2.40. The van der Waals surface area contributed by atoms with Crippen LogP contribution in [0.25, 0.3) is 0 Å². The molecule has 2 aliphatic rings. The van der Waals surface area contributed by atoms with Crippen molar-refractivity contribution in [2.24, 2.45) is 0 Å². The summed E-state index contributed by atoms with van der Waals surface area (Å²) < 4.78 is 33.2. The molecule has 0 aromatic heterocycles. The number of hydrogen-bond donors (Lipinski definition) is 5. The predicted molar refractivity (Wildman–Crippen MR) is 133 cm³/mol. The van der Waals surface area contributed by atoms with Crippen LogP contribution in [0.2, 0.25) is 0 Å². The first-order valence-electron chi connectivity index (χ1n) is 12.6. The van der Waals surface area contributed by atoms with Gasteiger partial charge in [0, 0.05) is 5.56 Å². The SMILES string of the molecule is CCCCc1cc(CO)c(OC(CO)C(O)c2ccc(OC3OC4OC4C(O)C3O)c(OC)c2)c(OC)c1. The van der Waals surface area contributed by atoms with Gasteiger partial charge in [-0.2, -0.15) is 0 Å². The van der Waals surface area contributed by atoms with Gasteiger partial charge in [-0.15, -0.1) is 0 Å². The van der Waals surface area contributed by atoms with Gasteiger partial charge in [0.15, 0.2) is 35.4 Å². The van der Waals surface area contributed by atoms with E-state index < -0.39 is 49.7 Å². The Balaban J connectivity index is 1.52. The lowest BCUT2D eigenvalue weighted by Gasteiger charge is -2.30. The summed E-state index contributed by atoms with van der Waals surface area (Å²) in [7, 11) is 2.90. The summed E-state index contributed by atoms with van der Waals surface area (Å²) in [5, 5.41) is 51.5. The molecule has 2 saturated heterocycles. The molecule has 11 nitrogen and oxygen atoms in total. The van der Waals surface area contributed by atoms with Gasteiger partial charge in [-0.05, 0) is 48.2 Å². The van der Waals surface area contributed by atoms with Crippen LogP contribution in [0, 0.1) is 0 Å². The molecular formula is C27H36O11. The average molecular weight is 537 g/mol. The third-order valence-electron chi connectivity index (χ3n) is 6.69. The minimum atomic E-state index is -1.33. The monoisotopic (exact) mass is 536 g/mol. The van der Waals surface area contributed by atoms with Crippen molar-refractivity contribution in [1.29, 1.82) is 0 Å². The fraction of sp³-hybridized carbons (Fsp3) is 0.556. The number of unbranched alkanes of at least 4 members (excludes halogenated alkanes) is 1. The molecule has 5 N–H and O–H groups in total. The maximum Gasteiger partial charge on any atom is 0.231 e. The Morgan fingerprint density at radius 1 is 0.947 bits per heavy atom. The lowest BCUT2D eigenvalue weighted by Crippen LogP contribution is -2.50. The van der Waals surface area contributed by atoms with Crippen LogP contribution in [0.3, 0.4) is 0 Å². The molecule has 0 spiro atoms. The number of ether oxygens (including phenoxy) is 6. The van der Waals surface area contributed by atoms with Crippen LogP contribution in [-0.4, -0.2) is 83.4 Å². The zero-order valence-corrected chi connectivity index (χ0v) is 21.6. The van der Waals surface area contributed by atoms with E-state index in [0.29, 0.717) is 16.9 Å². The van der Waals surface area contributed by atoms with Crippen molar-refractivity contribution in [3.63, 3.8) is 0 Å². The highest BCUT2D eigenvalue weighted by atomic mass is 16.8. The van der Waals surface area contributed by atoms with Crippen molar-refractivity contribution >= 4 is 0 Å². The van der Waals surface area contributed by atoms with Crippen LogP contribution in [0.1, 0.15) is 42.6 Å². The molecule has 4 rings (SSSR count). The molecule has 7 unspecified atom stereocenters. The molecule has 0 bridgehead atoms. The molecule has 2 heterocycles. The van der Waals surface area contributed by atoms with E-state index in [-0.39, 0.29) is 23.9 Å². The Bertz CT molecular complexity index is 1050. The summed E-state index contributed by atoms with van der Waals surface area (Å²) in [4.78, 5) is 0. The lowest BCUT2D eigenvalue weighted by molar-refractivity contribution is -0.207. The molecule has 0 aliphatic carbocycles. The van der Waals surface area contributed by atoms with Crippen molar-refractivity contribution < 1.29 is 54.0 Å². The van der Waals surface area contributed by atoms with Gasteiger partial charge in [0.1, 0.15) is 24.4 Å². The Morgan fingerprint density at radius 3 is 2.37 bits per heavy atom. The fourth-order valence-corrected chi connectivity index (χ4v) is 4.44. The summed E-state index contributed by atoms with van der Waals surface area (Å²) in [6.45, 7) is 1.25. The number of hydrogen-bond acceptors (Lipinski definition) is 11. The van der Waals surface area contributed by atoms with Gasteiger partial charge in [-0.3, -0.25) is 0 Å². The van der Waals surface area contributed by atoms with Crippen LogP contribution >= 0.6 is 0 Å². The molecule has 11 heteroatoms. The van der Waals surface area contributed by atoms with Crippen LogP contribution < -0.4 is 18.9 Å². The number of methoxy groups -OCH3 is 2. The van der Waals surface area contributed by atoms with Crippen molar-refractivity contribution in [2.75, 3.05) is 20.8 Å². The summed E-state index contributed by atoms with van der Waals surface area (Å²) in [5.41, 5.74) is 1.83. The number of aliphatic hydroxyl groups is 5. The number of rotatable bonds is 13. The number of benzene rings is 2. The quantitative estimate of drug-likeness (QED) is 0.234. The Labute approximate surface area is 221 Å². The smallest absolute Gasteiger partial charge is 0.231 e. The van der Waals surface area contributed by atoms with Crippen LogP contribution in [0.15, 0.2) is 30.3 Å². The second kappa shape index (κ2) is 12.5. The minimum Gasteiger partial charge on any atom is -0.493 e. The zero-order valence-electron chi connectivity index (χ0n) is 21.6. The minimum absolute atomic E-state index is 0.201. The van der Waals surface area contributed by atoms with Crippen molar-refractivity contribution in [3.8, 4) is 23.0 Å². The fourth-order valence-electron chi connectivity index (χ4n) is 4.44. The number of aryl methyl sites for hydroxylation is 1. The number of aliphatic hydroxyl groups excluding tert-OH is 5. The largest absolute Gasteiger partial charge is 0.493 e. The Morgan fingerprint density at radius 2 is 1.71 bits per heavy atom. The van der Waals surface area contributed by atoms with E-state index in [2.05, 4.69) is 6.92 Å². The predicted octanol–water partition coefficient (Wildman–Crippen LogP) is 1.19. The van der Waals surface area contributed by atoms with E-state index in [1.807, 2.05) is 12.1 Å². The molecule has 2 fully saturated rings. The van der Waals surface area contributed by atoms with Gasteiger partial charge < -0.3 is 54.0 Å². The summed E-state index contributed by atoms with van der Waals surface area (Å²) in [6, 6.07) is 8.22. The first-order chi connectivity index (χ1) is 18.3. The molecular weight excluding hydrogens is 500 g/mol. The third-order valence-corrected chi connectivity index (χ3v) is 6.69. The zero-order chi connectivity index (χ0) is 27.4. The second-order valence-electron chi connectivity index (χ2n) is 9.31. The average Bonchev–Trinajstić information content (AvgIpc) is 3.72. The van der Waals surface area contributed by atoms with Crippen LogP contribution in [0.5, 0.6) is 23.0 Å². The highest BCUT2D eigenvalue weighted by molar-refractivity contribution is 5.50. The van der Waals surface area contributed by atoms with Gasteiger partial charge >= 0.3 is 0 Å². The first-order valence-corrected chi connectivity index (χ1v) is 12.6. The van der Waals surface area contributed by atoms with Gasteiger partial charge in [-0.25, -0.2) is 0 Å². The summed E-state index contributed by atoms with van der Waals surface area (Å²) in [5.74, 6) is 1.05. The van der Waals surface area contributed by atoms with E-state index >= 15 is 0 Å². The van der Waals surface area contributed by atoms with Crippen molar-refractivity contribution in [3.05, 3.63) is 47.0 Å². The first kappa shape index (κ1) is 28.4. The topological polar surface area (TPSA) is 160 Å². The second-order valence-corrected chi connectivity index (χ2v) is 9.31. The normalized spacial score (nSPS) is 25.7. The highest BCUT2D eigenvalue weighted by Gasteiger charge is 2.57. The molecule has 2 aromatic rings. The van der Waals surface area contributed by atoms with Gasteiger partial charge in [-0.1, -0.05) is 19.4 Å². The summed E-state index contributed by atoms with van der Waals surface area (Å²) >= 11 is 0. The molecule has 0 radical (unpaired) electrons.